The molecule has 6 heteroatoms. The lowest BCUT2D eigenvalue weighted by atomic mass is 10.2. The summed E-state index contributed by atoms with van der Waals surface area (Å²) in [5.41, 5.74) is 3.79. The minimum absolute atomic E-state index is 0.0736. The zero-order valence-electron chi connectivity index (χ0n) is 13.1. The molecule has 0 bridgehead atoms. The van der Waals surface area contributed by atoms with E-state index in [4.69, 9.17) is 4.98 Å². The molecule has 1 aliphatic heterocycles. The molecule has 1 amide bonds. The van der Waals surface area contributed by atoms with E-state index in [2.05, 4.69) is 26.9 Å². The summed E-state index contributed by atoms with van der Waals surface area (Å²) >= 11 is 1.74. The Kier molecular flexibility index (Phi) is 3.46. The fraction of sp³-hybridized carbons (Fsp3) is 0.625. The summed E-state index contributed by atoms with van der Waals surface area (Å²) in [7, 11) is 0. The number of amides is 1. The van der Waals surface area contributed by atoms with Crippen LogP contribution in [0.1, 0.15) is 49.2 Å². The Bertz CT molecular complexity index is 715. The van der Waals surface area contributed by atoms with Gasteiger partial charge in [-0.15, -0.1) is 11.3 Å². The zero-order valence-corrected chi connectivity index (χ0v) is 13.9. The van der Waals surface area contributed by atoms with E-state index in [1.54, 1.807) is 11.3 Å². The first kappa shape index (κ1) is 14.2. The minimum Gasteiger partial charge on any atom is -0.355 e. The van der Waals surface area contributed by atoms with Gasteiger partial charge in [-0.2, -0.15) is 0 Å². The van der Waals surface area contributed by atoms with Crippen molar-refractivity contribution in [1.82, 2.24) is 19.6 Å². The van der Waals surface area contributed by atoms with Crippen molar-refractivity contribution in [1.29, 1.82) is 0 Å². The van der Waals surface area contributed by atoms with Crippen LogP contribution in [0.4, 0.5) is 0 Å². The average molecular weight is 318 g/mol. The van der Waals surface area contributed by atoms with Crippen LogP contribution in [-0.4, -0.2) is 39.3 Å². The summed E-state index contributed by atoms with van der Waals surface area (Å²) in [6, 6.07) is -0.0736. The summed E-state index contributed by atoms with van der Waals surface area (Å²) in [5.74, 6) is 0.856. The standard InChI is InChI=1S/C16H22N4OS/c1-10-13(8-19-7-3-6-17-15(21)11(19)2)20-14(12-4-5-12)9-22-16(20)18-10/h9,11-12H,3-8H2,1-2H3,(H,17,21). The molecule has 0 radical (unpaired) electrons. The lowest BCUT2D eigenvalue weighted by Gasteiger charge is -2.25. The Morgan fingerprint density at radius 1 is 1.45 bits per heavy atom. The first-order valence-corrected chi connectivity index (χ1v) is 9.00. The van der Waals surface area contributed by atoms with Crippen molar-refractivity contribution >= 4 is 22.2 Å². The molecule has 2 fully saturated rings. The van der Waals surface area contributed by atoms with Gasteiger partial charge < -0.3 is 5.32 Å². The molecule has 1 N–H and O–H groups in total. The van der Waals surface area contributed by atoms with Gasteiger partial charge in [-0.25, -0.2) is 4.98 Å². The van der Waals surface area contributed by atoms with Crippen LogP contribution in [0.3, 0.4) is 0 Å². The van der Waals surface area contributed by atoms with Crippen molar-refractivity contribution in [3.63, 3.8) is 0 Å². The molecule has 4 rings (SSSR count). The van der Waals surface area contributed by atoms with E-state index in [9.17, 15) is 4.79 Å². The van der Waals surface area contributed by atoms with Gasteiger partial charge in [0.05, 0.1) is 17.4 Å². The average Bonchev–Trinajstić information content (AvgIpc) is 3.22. The van der Waals surface area contributed by atoms with Crippen molar-refractivity contribution in [2.24, 2.45) is 0 Å². The van der Waals surface area contributed by atoms with Gasteiger partial charge in [0.1, 0.15) is 0 Å². The van der Waals surface area contributed by atoms with E-state index in [0.717, 1.165) is 36.7 Å². The third kappa shape index (κ3) is 2.34. The normalized spacial score (nSPS) is 23.7. The second-order valence-electron chi connectivity index (χ2n) is 6.49. The number of aryl methyl sites for hydroxylation is 1. The van der Waals surface area contributed by atoms with Crippen LogP contribution in [0.5, 0.6) is 0 Å². The minimum atomic E-state index is -0.0736. The molecular weight excluding hydrogens is 296 g/mol. The molecule has 1 saturated carbocycles. The maximum absolute atomic E-state index is 12.1. The predicted octanol–water partition coefficient (Wildman–Crippen LogP) is 2.29. The fourth-order valence-electron chi connectivity index (χ4n) is 3.30. The molecule has 3 heterocycles. The summed E-state index contributed by atoms with van der Waals surface area (Å²) in [6.45, 7) is 6.64. The number of fused-ring (bicyclic) bond motifs is 1. The quantitative estimate of drug-likeness (QED) is 0.944. The molecule has 2 aromatic heterocycles. The number of imidazole rings is 1. The Labute approximate surface area is 134 Å². The molecular formula is C16H22N4OS. The van der Waals surface area contributed by atoms with Crippen LogP contribution in [-0.2, 0) is 11.3 Å². The number of thiazole rings is 1. The van der Waals surface area contributed by atoms with Gasteiger partial charge in [0.15, 0.2) is 4.96 Å². The highest BCUT2D eigenvalue weighted by atomic mass is 32.1. The Morgan fingerprint density at radius 2 is 2.27 bits per heavy atom. The van der Waals surface area contributed by atoms with Crippen LogP contribution in [0.25, 0.3) is 4.96 Å². The van der Waals surface area contributed by atoms with Crippen molar-refractivity contribution in [3.8, 4) is 0 Å². The van der Waals surface area contributed by atoms with Crippen LogP contribution in [0.15, 0.2) is 5.38 Å². The van der Waals surface area contributed by atoms with E-state index < -0.39 is 0 Å². The van der Waals surface area contributed by atoms with E-state index in [1.807, 2.05) is 6.92 Å². The van der Waals surface area contributed by atoms with E-state index in [0.29, 0.717) is 5.92 Å². The third-order valence-corrected chi connectivity index (χ3v) is 5.73. The number of aromatic nitrogens is 2. The molecule has 1 unspecified atom stereocenters. The lowest BCUT2D eigenvalue weighted by molar-refractivity contribution is -0.125. The zero-order chi connectivity index (χ0) is 15.3. The van der Waals surface area contributed by atoms with Crippen LogP contribution in [0, 0.1) is 6.92 Å². The highest BCUT2D eigenvalue weighted by Crippen LogP contribution is 2.42. The SMILES string of the molecule is Cc1nc2scc(C3CC3)n2c1CN1CCCNC(=O)C1C. The number of carbonyl (C=O) groups is 1. The largest absolute Gasteiger partial charge is 0.355 e. The molecule has 0 spiro atoms. The summed E-state index contributed by atoms with van der Waals surface area (Å²) in [4.78, 5) is 20.2. The Morgan fingerprint density at radius 3 is 3.05 bits per heavy atom. The van der Waals surface area contributed by atoms with E-state index in [1.165, 1.54) is 24.2 Å². The molecule has 118 valence electrons. The molecule has 0 aromatic carbocycles. The van der Waals surface area contributed by atoms with E-state index >= 15 is 0 Å². The van der Waals surface area contributed by atoms with Crippen molar-refractivity contribution in [2.45, 2.75) is 51.6 Å². The van der Waals surface area contributed by atoms with Crippen LogP contribution >= 0.6 is 11.3 Å². The summed E-state index contributed by atoms with van der Waals surface area (Å²) in [6.07, 6.45) is 3.60. The smallest absolute Gasteiger partial charge is 0.237 e. The first-order chi connectivity index (χ1) is 10.6. The highest BCUT2D eigenvalue weighted by Gasteiger charge is 2.30. The number of nitrogens with one attached hydrogen (secondary N) is 1. The van der Waals surface area contributed by atoms with Crippen molar-refractivity contribution < 1.29 is 4.79 Å². The third-order valence-electron chi connectivity index (χ3n) is 4.88. The number of hydrogen-bond donors (Lipinski definition) is 1. The number of carbonyl (C=O) groups excluding carboxylic acids is 1. The van der Waals surface area contributed by atoms with Gasteiger partial charge in [0.2, 0.25) is 5.91 Å². The number of rotatable bonds is 3. The Balaban J connectivity index is 1.69. The van der Waals surface area contributed by atoms with Gasteiger partial charge in [-0.05, 0) is 33.1 Å². The fourth-order valence-corrected chi connectivity index (χ4v) is 4.33. The molecule has 1 aliphatic carbocycles. The lowest BCUT2D eigenvalue weighted by Crippen LogP contribution is -2.41. The van der Waals surface area contributed by atoms with Crippen molar-refractivity contribution in [3.05, 3.63) is 22.5 Å². The number of nitrogens with zero attached hydrogens (tertiary/aromatic N) is 3. The maximum Gasteiger partial charge on any atom is 0.237 e. The topological polar surface area (TPSA) is 49.6 Å². The molecule has 22 heavy (non-hydrogen) atoms. The van der Waals surface area contributed by atoms with Crippen LogP contribution < -0.4 is 5.32 Å². The van der Waals surface area contributed by atoms with Gasteiger partial charge in [0, 0.05) is 36.6 Å². The van der Waals surface area contributed by atoms with Crippen molar-refractivity contribution in [2.75, 3.05) is 13.1 Å². The van der Waals surface area contributed by atoms with Gasteiger partial charge in [0.25, 0.3) is 0 Å². The molecule has 1 saturated heterocycles. The molecule has 2 aromatic rings. The van der Waals surface area contributed by atoms with Gasteiger partial charge in [-0.3, -0.25) is 14.1 Å². The van der Waals surface area contributed by atoms with Gasteiger partial charge >= 0.3 is 0 Å². The highest BCUT2D eigenvalue weighted by molar-refractivity contribution is 7.15. The monoisotopic (exact) mass is 318 g/mol. The van der Waals surface area contributed by atoms with E-state index in [-0.39, 0.29) is 11.9 Å². The summed E-state index contributed by atoms with van der Waals surface area (Å²) in [5, 5.41) is 5.25. The number of hydrogen-bond acceptors (Lipinski definition) is 4. The second kappa shape index (κ2) is 5.35. The first-order valence-electron chi connectivity index (χ1n) is 8.12. The second-order valence-corrected chi connectivity index (χ2v) is 7.32. The van der Waals surface area contributed by atoms with Gasteiger partial charge in [-0.1, -0.05) is 0 Å². The molecule has 2 aliphatic rings. The van der Waals surface area contributed by atoms with Crippen LogP contribution in [0.2, 0.25) is 0 Å². The predicted molar refractivity (Wildman–Crippen MR) is 87.3 cm³/mol. The maximum atomic E-state index is 12.1. The Hall–Kier alpha value is -1.40. The molecule has 1 atom stereocenters. The molecule has 5 nitrogen and oxygen atoms in total. The summed E-state index contributed by atoms with van der Waals surface area (Å²) < 4.78 is 2.35.